The highest BCUT2D eigenvalue weighted by Crippen LogP contribution is 2.25. The third kappa shape index (κ3) is 2.92. The molecule has 1 aromatic rings. The Morgan fingerprint density at radius 2 is 2.07 bits per heavy atom. The summed E-state index contributed by atoms with van der Waals surface area (Å²) in [5.74, 6) is -0.0624. The van der Waals surface area contributed by atoms with Crippen molar-refractivity contribution in [2.24, 2.45) is 0 Å². The fourth-order valence-electron chi connectivity index (χ4n) is 1.08. The number of aromatic hydroxyl groups is 1. The van der Waals surface area contributed by atoms with Crippen LogP contribution in [-0.2, 0) is 16.4 Å². The molecule has 4 nitrogen and oxygen atoms in total. The van der Waals surface area contributed by atoms with Gasteiger partial charge in [0.15, 0.2) is 0 Å². The first-order valence-electron chi connectivity index (χ1n) is 4.22. The van der Waals surface area contributed by atoms with E-state index in [2.05, 4.69) is 4.72 Å². The van der Waals surface area contributed by atoms with Crippen LogP contribution in [0.3, 0.4) is 0 Å². The molecule has 0 aromatic heterocycles. The number of hydrogen-bond acceptors (Lipinski definition) is 3. The molecule has 0 amide bonds. The first-order valence-corrected chi connectivity index (χ1v) is 6.11. The van der Waals surface area contributed by atoms with E-state index in [0.29, 0.717) is 0 Å². The average Bonchev–Trinajstić information content (AvgIpc) is 2.06. The van der Waals surface area contributed by atoms with Gasteiger partial charge in [0, 0.05) is 0 Å². The SMILES string of the molecule is CCc1ccc(O)c(NS(C)(=O)=O)c1. The molecule has 0 saturated carbocycles. The van der Waals surface area contributed by atoms with Gasteiger partial charge in [-0.25, -0.2) is 8.42 Å². The fourth-order valence-corrected chi connectivity index (χ4v) is 1.65. The molecule has 0 spiro atoms. The monoisotopic (exact) mass is 215 g/mol. The van der Waals surface area contributed by atoms with E-state index in [4.69, 9.17) is 0 Å². The van der Waals surface area contributed by atoms with Crippen molar-refractivity contribution in [1.29, 1.82) is 0 Å². The van der Waals surface area contributed by atoms with E-state index in [1.54, 1.807) is 12.1 Å². The third-order valence-corrected chi connectivity index (χ3v) is 2.36. The number of rotatable bonds is 3. The first-order chi connectivity index (χ1) is 6.42. The van der Waals surface area contributed by atoms with Crippen LogP contribution in [0.5, 0.6) is 5.75 Å². The van der Waals surface area contributed by atoms with E-state index in [-0.39, 0.29) is 11.4 Å². The van der Waals surface area contributed by atoms with Crippen molar-refractivity contribution in [1.82, 2.24) is 0 Å². The normalized spacial score (nSPS) is 11.3. The summed E-state index contributed by atoms with van der Waals surface area (Å²) in [7, 11) is -3.33. The van der Waals surface area contributed by atoms with Crippen molar-refractivity contribution in [3.8, 4) is 5.75 Å². The first kappa shape index (κ1) is 10.8. The highest BCUT2D eigenvalue weighted by atomic mass is 32.2. The van der Waals surface area contributed by atoms with Crippen molar-refractivity contribution in [3.63, 3.8) is 0 Å². The summed E-state index contributed by atoms with van der Waals surface area (Å²) < 4.78 is 24.1. The van der Waals surface area contributed by atoms with Gasteiger partial charge in [-0.15, -0.1) is 0 Å². The molecule has 2 N–H and O–H groups in total. The molecule has 0 aliphatic carbocycles. The van der Waals surface area contributed by atoms with E-state index in [1.807, 2.05) is 6.92 Å². The van der Waals surface area contributed by atoms with Gasteiger partial charge in [0.1, 0.15) is 5.75 Å². The van der Waals surface area contributed by atoms with E-state index >= 15 is 0 Å². The van der Waals surface area contributed by atoms with Crippen molar-refractivity contribution < 1.29 is 13.5 Å². The number of aryl methyl sites for hydroxylation is 1. The quantitative estimate of drug-likeness (QED) is 0.747. The van der Waals surface area contributed by atoms with Gasteiger partial charge in [-0.05, 0) is 24.1 Å². The summed E-state index contributed by atoms with van der Waals surface area (Å²) in [5, 5.41) is 9.37. The molecule has 0 bridgehead atoms. The van der Waals surface area contributed by atoms with E-state index in [1.165, 1.54) is 6.07 Å². The van der Waals surface area contributed by atoms with Crippen LogP contribution in [0.1, 0.15) is 12.5 Å². The largest absolute Gasteiger partial charge is 0.506 e. The summed E-state index contributed by atoms with van der Waals surface area (Å²) in [6, 6.07) is 4.85. The van der Waals surface area contributed by atoms with Gasteiger partial charge in [-0.1, -0.05) is 13.0 Å². The van der Waals surface area contributed by atoms with Crippen LogP contribution in [-0.4, -0.2) is 19.8 Å². The van der Waals surface area contributed by atoms with Crippen molar-refractivity contribution in [2.75, 3.05) is 11.0 Å². The smallest absolute Gasteiger partial charge is 0.229 e. The van der Waals surface area contributed by atoms with Crippen LogP contribution in [0.4, 0.5) is 5.69 Å². The third-order valence-electron chi connectivity index (χ3n) is 1.76. The molecule has 0 atom stereocenters. The standard InChI is InChI=1S/C9H13NO3S/c1-3-7-4-5-9(11)8(6-7)10-14(2,12)13/h4-6,10-11H,3H2,1-2H3. The molecule has 14 heavy (non-hydrogen) atoms. The lowest BCUT2D eigenvalue weighted by molar-refractivity contribution is 0.477. The lowest BCUT2D eigenvalue weighted by Gasteiger charge is -2.07. The molecular formula is C9H13NO3S. The molecule has 78 valence electrons. The van der Waals surface area contributed by atoms with E-state index in [9.17, 15) is 13.5 Å². The Morgan fingerprint density at radius 1 is 1.43 bits per heavy atom. The van der Waals surface area contributed by atoms with Crippen molar-refractivity contribution in [3.05, 3.63) is 23.8 Å². The second kappa shape index (κ2) is 3.88. The Morgan fingerprint density at radius 3 is 2.57 bits per heavy atom. The second-order valence-electron chi connectivity index (χ2n) is 3.08. The number of hydrogen-bond donors (Lipinski definition) is 2. The zero-order valence-corrected chi connectivity index (χ0v) is 8.93. The van der Waals surface area contributed by atoms with Gasteiger partial charge in [0.2, 0.25) is 10.0 Å². The lowest BCUT2D eigenvalue weighted by Crippen LogP contribution is -2.09. The van der Waals surface area contributed by atoms with Crippen LogP contribution in [0, 0.1) is 0 Å². The average molecular weight is 215 g/mol. The molecule has 0 aliphatic heterocycles. The van der Waals surface area contributed by atoms with Gasteiger partial charge < -0.3 is 5.11 Å². The van der Waals surface area contributed by atoms with Gasteiger partial charge in [-0.3, -0.25) is 4.72 Å². The number of nitrogens with one attached hydrogen (secondary N) is 1. The number of phenols is 1. The Hall–Kier alpha value is -1.23. The van der Waals surface area contributed by atoms with Crippen LogP contribution >= 0.6 is 0 Å². The topological polar surface area (TPSA) is 66.4 Å². The Bertz CT molecular complexity index is 426. The van der Waals surface area contributed by atoms with Crippen molar-refractivity contribution in [2.45, 2.75) is 13.3 Å². The van der Waals surface area contributed by atoms with Crippen molar-refractivity contribution >= 4 is 15.7 Å². The van der Waals surface area contributed by atoms with Gasteiger partial charge in [0.05, 0.1) is 11.9 Å². The molecule has 0 aliphatic rings. The summed E-state index contributed by atoms with van der Waals surface area (Å²) >= 11 is 0. The molecule has 5 heteroatoms. The summed E-state index contributed by atoms with van der Waals surface area (Å²) in [6.45, 7) is 1.95. The minimum Gasteiger partial charge on any atom is -0.506 e. The van der Waals surface area contributed by atoms with Crippen LogP contribution in [0.2, 0.25) is 0 Å². The molecule has 0 radical (unpaired) electrons. The molecule has 1 aromatic carbocycles. The predicted octanol–water partition coefficient (Wildman–Crippen LogP) is 1.33. The van der Waals surface area contributed by atoms with Gasteiger partial charge in [0.25, 0.3) is 0 Å². The fraction of sp³-hybridized carbons (Fsp3) is 0.333. The Balaban J connectivity index is 3.07. The number of anilines is 1. The maximum absolute atomic E-state index is 10.9. The Labute approximate surface area is 83.6 Å². The van der Waals surface area contributed by atoms with E-state index in [0.717, 1.165) is 18.2 Å². The summed E-state index contributed by atoms with van der Waals surface area (Å²) in [5.41, 5.74) is 1.20. The molecule has 0 fully saturated rings. The van der Waals surface area contributed by atoms with Gasteiger partial charge in [-0.2, -0.15) is 0 Å². The minimum atomic E-state index is -3.33. The highest BCUT2D eigenvalue weighted by molar-refractivity contribution is 7.92. The molecule has 0 heterocycles. The van der Waals surface area contributed by atoms with Crippen LogP contribution < -0.4 is 4.72 Å². The number of sulfonamides is 1. The minimum absolute atomic E-state index is 0.0624. The Kier molecular flexibility index (Phi) is 3.00. The zero-order valence-electron chi connectivity index (χ0n) is 8.11. The zero-order chi connectivity index (χ0) is 10.8. The highest BCUT2D eigenvalue weighted by Gasteiger charge is 2.06. The predicted molar refractivity (Wildman–Crippen MR) is 56.0 cm³/mol. The maximum Gasteiger partial charge on any atom is 0.229 e. The molecular weight excluding hydrogens is 202 g/mol. The van der Waals surface area contributed by atoms with Gasteiger partial charge >= 0.3 is 0 Å². The molecule has 0 unspecified atom stereocenters. The number of benzene rings is 1. The summed E-state index contributed by atoms with van der Waals surface area (Å²) in [6.07, 6.45) is 1.84. The second-order valence-corrected chi connectivity index (χ2v) is 4.83. The maximum atomic E-state index is 10.9. The molecule has 1 rings (SSSR count). The molecule has 0 saturated heterocycles. The lowest BCUT2D eigenvalue weighted by atomic mass is 10.1. The summed E-state index contributed by atoms with van der Waals surface area (Å²) in [4.78, 5) is 0. The number of phenolic OH excluding ortho intramolecular Hbond substituents is 1. The van der Waals surface area contributed by atoms with E-state index < -0.39 is 10.0 Å². The van der Waals surface area contributed by atoms with Crippen LogP contribution in [0.15, 0.2) is 18.2 Å². The van der Waals surface area contributed by atoms with Crippen LogP contribution in [0.25, 0.3) is 0 Å².